The fraction of sp³-hybridized carbons (Fsp3) is 0.111. The van der Waals surface area contributed by atoms with Gasteiger partial charge in [-0.3, -0.25) is 0 Å². The largest absolute Gasteiger partial charge is 0.497 e. The van der Waals surface area contributed by atoms with Gasteiger partial charge in [0.25, 0.3) is 0 Å². The highest BCUT2D eigenvalue weighted by Gasteiger charge is 2.24. The summed E-state index contributed by atoms with van der Waals surface area (Å²) >= 11 is 3.25. The molecule has 1 aliphatic heterocycles. The Hall–Kier alpha value is -2.67. The van der Waals surface area contributed by atoms with Crippen LogP contribution in [0.2, 0.25) is 0 Å². The Kier molecular flexibility index (Phi) is 4.01. The molecule has 2 heterocycles. The molecule has 0 radical (unpaired) electrons. The second-order valence-electron chi connectivity index (χ2n) is 5.58. The van der Waals surface area contributed by atoms with Gasteiger partial charge in [-0.2, -0.15) is 10.1 Å². The predicted octanol–water partition coefficient (Wildman–Crippen LogP) is 4.24. The van der Waals surface area contributed by atoms with Crippen molar-refractivity contribution >= 4 is 27.6 Å². The first-order valence-electron chi connectivity index (χ1n) is 7.63. The van der Waals surface area contributed by atoms with Gasteiger partial charge in [0.1, 0.15) is 23.9 Å². The van der Waals surface area contributed by atoms with Crippen LogP contribution in [-0.2, 0) is 0 Å². The number of benzene rings is 2. The summed E-state index contributed by atoms with van der Waals surface area (Å²) in [5, 5.41) is 7.57. The summed E-state index contributed by atoms with van der Waals surface area (Å²) in [5.41, 5.74) is 2.82. The number of anilines is 1. The van der Waals surface area contributed by atoms with E-state index in [0.29, 0.717) is 10.4 Å². The molecular formula is C18H14BrFN4O. The van der Waals surface area contributed by atoms with Gasteiger partial charge in [-0.05, 0) is 69.5 Å². The standard InChI is InChI=1S/C18H14BrFN4O/c1-25-13-5-2-11(3-6-13)16-9-17(24-18(23-16)21-10-22-24)12-4-7-15(20)14(19)8-12/h2-10,17H,1H3,(H,21,22,23)/t17-/m1/s1. The lowest BCUT2D eigenvalue weighted by Gasteiger charge is -2.24. The maximum atomic E-state index is 13.6. The van der Waals surface area contributed by atoms with Crippen molar-refractivity contribution in [1.29, 1.82) is 0 Å². The summed E-state index contributed by atoms with van der Waals surface area (Å²) in [6, 6.07) is 12.5. The molecule has 2 aromatic carbocycles. The van der Waals surface area contributed by atoms with Gasteiger partial charge in [-0.1, -0.05) is 6.07 Å². The number of methoxy groups -OCH3 is 1. The molecule has 1 aromatic heterocycles. The average Bonchev–Trinajstić information content (AvgIpc) is 3.12. The third-order valence-corrected chi connectivity index (χ3v) is 4.70. The Bertz CT molecular complexity index is 952. The molecule has 4 rings (SSSR count). The van der Waals surface area contributed by atoms with E-state index in [9.17, 15) is 4.39 Å². The van der Waals surface area contributed by atoms with E-state index < -0.39 is 0 Å². The molecule has 7 heteroatoms. The second kappa shape index (κ2) is 6.33. The molecule has 0 saturated carbocycles. The number of hydrogen-bond acceptors (Lipinski definition) is 4. The zero-order valence-electron chi connectivity index (χ0n) is 13.3. The molecule has 0 aliphatic carbocycles. The molecule has 1 aliphatic rings. The highest BCUT2D eigenvalue weighted by atomic mass is 79.9. The summed E-state index contributed by atoms with van der Waals surface area (Å²) in [4.78, 5) is 4.27. The topological polar surface area (TPSA) is 52.0 Å². The van der Waals surface area contributed by atoms with Gasteiger partial charge in [0, 0.05) is 5.70 Å². The van der Waals surface area contributed by atoms with Crippen molar-refractivity contribution < 1.29 is 9.13 Å². The minimum atomic E-state index is -0.296. The molecule has 0 bridgehead atoms. The van der Waals surface area contributed by atoms with Crippen LogP contribution < -0.4 is 10.1 Å². The summed E-state index contributed by atoms with van der Waals surface area (Å²) in [7, 11) is 1.64. The van der Waals surface area contributed by atoms with Gasteiger partial charge in [0.15, 0.2) is 0 Å². The van der Waals surface area contributed by atoms with Crippen molar-refractivity contribution in [3.8, 4) is 5.75 Å². The first-order valence-corrected chi connectivity index (χ1v) is 8.43. The van der Waals surface area contributed by atoms with Gasteiger partial charge in [-0.15, -0.1) is 0 Å². The van der Waals surface area contributed by atoms with Crippen LogP contribution in [0.15, 0.2) is 59.3 Å². The van der Waals surface area contributed by atoms with Crippen molar-refractivity contribution in [2.75, 3.05) is 12.4 Å². The van der Waals surface area contributed by atoms with E-state index in [2.05, 4.69) is 31.3 Å². The van der Waals surface area contributed by atoms with Crippen LogP contribution in [0.25, 0.3) is 5.70 Å². The van der Waals surface area contributed by atoms with Crippen LogP contribution in [0.4, 0.5) is 10.3 Å². The molecule has 25 heavy (non-hydrogen) atoms. The van der Waals surface area contributed by atoms with Gasteiger partial charge < -0.3 is 10.1 Å². The zero-order valence-corrected chi connectivity index (χ0v) is 14.9. The minimum absolute atomic E-state index is 0.187. The Morgan fingerprint density at radius 3 is 2.72 bits per heavy atom. The fourth-order valence-corrected chi connectivity index (χ4v) is 3.20. The number of hydrogen-bond donors (Lipinski definition) is 1. The first kappa shape index (κ1) is 15.8. The third kappa shape index (κ3) is 2.91. The SMILES string of the molecule is COc1ccc(C2=C[C@H](c3ccc(F)c(Br)c3)n3ncnc3N2)cc1. The Morgan fingerprint density at radius 2 is 2.00 bits per heavy atom. The molecular weight excluding hydrogens is 387 g/mol. The Labute approximate surface area is 152 Å². The van der Waals surface area contributed by atoms with Crippen molar-refractivity contribution in [2.45, 2.75) is 6.04 Å². The van der Waals surface area contributed by atoms with E-state index in [1.54, 1.807) is 23.9 Å². The fourth-order valence-electron chi connectivity index (χ4n) is 2.81. The number of fused-ring (bicyclic) bond motifs is 1. The number of halogens is 2. The second-order valence-corrected chi connectivity index (χ2v) is 6.43. The van der Waals surface area contributed by atoms with Crippen LogP contribution in [0.1, 0.15) is 17.2 Å². The lowest BCUT2D eigenvalue weighted by atomic mass is 10.0. The number of ether oxygens (including phenoxy) is 1. The number of aromatic nitrogens is 3. The number of rotatable bonds is 3. The van der Waals surface area contributed by atoms with Crippen LogP contribution in [0.3, 0.4) is 0 Å². The first-order chi connectivity index (χ1) is 12.2. The molecule has 0 unspecified atom stereocenters. The lowest BCUT2D eigenvalue weighted by Crippen LogP contribution is -2.20. The number of nitrogens with one attached hydrogen (secondary N) is 1. The van der Waals surface area contributed by atoms with Crippen molar-refractivity contribution in [3.63, 3.8) is 0 Å². The maximum absolute atomic E-state index is 13.6. The molecule has 3 aromatic rings. The average molecular weight is 401 g/mol. The Morgan fingerprint density at radius 1 is 1.20 bits per heavy atom. The molecule has 5 nitrogen and oxygen atoms in total. The summed E-state index contributed by atoms with van der Waals surface area (Å²) < 4.78 is 21.0. The highest BCUT2D eigenvalue weighted by Crippen LogP contribution is 2.33. The van der Waals surface area contributed by atoms with Crippen LogP contribution >= 0.6 is 15.9 Å². The van der Waals surface area contributed by atoms with Crippen molar-refractivity contribution in [1.82, 2.24) is 14.8 Å². The summed E-state index contributed by atoms with van der Waals surface area (Å²) in [6.07, 6.45) is 3.54. The van der Waals surface area contributed by atoms with Crippen LogP contribution in [-0.4, -0.2) is 21.9 Å². The summed E-state index contributed by atoms with van der Waals surface area (Å²) in [5.74, 6) is 1.14. The number of nitrogens with zero attached hydrogens (tertiary/aromatic N) is 3. The van der Waals surface area contributed by atoms with E-state index in [0.717, 1.165) is 22.6 Å². The molecule has 0 amide bonds. The molecule has 0 saturated heterocycles. The third-order valence-electron chi connectivity index (χ3n) is 4.09. The Balaban J connectivity index is 1.78. The molecule has 126 valence electrons. The molecule has 0 spiro atoms. The number of allylic oxidation sites excluding steroid dienone is 1. The van der Waals surface area contributed by atoms with E-state index in [-0.39, 0.29) is 11.9 Å². The van der Waals surface area contributed by atoms with Crippen LogP contribution in [0, 0.1) is 5.82 Å². The minimum Gasteiger partial charge on any atom is -0.497 e. The zero-order chi connectivity index (χ0) is 17.4. The molecule has 1 N–H and O–H groups in total. The smallest absolute Gasteiger partial charge is 0.226 e. The van der Waals surface area contributed by atoms with E-state index >= 15 is 0 Å². The van der Waals surface area contributed by atoms with Crippen LogP contribution in [0.5, 0.6) is 5.75 Å². The monoisotopic (exact) mass is 400 g/mol. The van der Waals surface area contributed by atoms with Crippen molar-refractivity contribution in [3.05, 3.63) is 76.3 Å². The van der Waals surface area contributed by atoms with Gasteiger partial charge >= 0.3 is 0 Å². The normalized spacial score (nSPS) is 16.0. The van der Waals surface area contributed by atoms with Gasteiger partial charge in [-0.25, -0.2) is 9.07 Å². The predicted molar refractivity (Wildman–Crippen MR) is 96.9 cm³/mol. The van der Waals surface area contributed by atoms with Gasteiger partial charge in [0.2, 0.25) is 5.95 Å². The molecule has 1 atom stereocenters. The molecule has 0 fully saturated rings. The highest BCUT2D eigenvalue weighted by molar-refractivity contribution is 9.10. The van der Waals surface area contributed by atoms with E-state index in [1.165, 1.54) is 12.4 Å². The van der Waals surface area contributed by atoms with Crippen molar-refractivity contribution in [2.24, 2.45) is 0 Å². The lowest BCUT2D eigenvalue weighted by molar-refractivity contribution is 0.415. The summed E-state index contributed by atoms with van der Waals surface area (Å²) in [6.45, 7) is 0. The van der Waals surface area contributed by atoms with E-state index in [1.807, 2.05) is 30.3 Å². The quantitative estimate of drug-likeness (QED) is 0.713. The van der Waals surface area contributed by atoms with E-state index in [4.69, 9.17) is 4.74 Å². The maximum Gasteiger partial charge on any atom is 0.226 e. The van der Waals surface area contributed by atoms with Gasteiger partial charge in [0.05, 0.1) is 11.6 Å².